The van der Waals surface area contributed by atoms with Crippen molar-refractivity contribution in [3.05, 3.63) is 0 Å². The lowest BCUT2D eigenvalue weighted by molar-refractivity contribution is -0.119. The van der Waals surface area contributed by atoms with Crippen LogP contribution in [0.3, 0.4) is 0 Å². The Hall–Kier alpha value is -0.770. The Morgan fingerprint density at radius 2 is 1.58 bits per heavy atom. The number of amides is 3. The summed E-state index contributed by atoms with van der Waals surface area (Å²) in [6.45, 7) is 1.56. The highest BCUT2D eigenvalue weighted by atomic mass is 35.5. The van der Waals surface area contributed by atoms with Crippen LogP contribution in [0.4, 0.5) is 4.79 Å². The van der Waals surface area contributed by atoms with E-state index in [0.29, 0.717) is 0 Å². The van der Waals surface area contributed by atoms with Crippen LogP contribution in [0.1, 0.15) is 45.4 Å². The second-order valence-electron chi connectivity index (χ2n) is 6.76. The lowest BCUT2D eigenvalue weighted by Crippen LogP contribution is -2.62. The van der Waals surface area contributed by atoms with Gasteiger partial charge in [0.1, 0.15) is 5.38 Å². The van der Waals surface area contributed by atoms with E-state index in [0.717, 1.165) is 37.0 Å². The minimum absolute atomic E-state index is 0.0608. The van der Waals surface area contributed by atoms with E-state index >= 15 is 0 Å². The summed E-state index contributed by atoms with van der Waals surface area (Å²) in [7, 11) is 0. The molecule has 4 bridgehead atoms. The Bertz CT molecular complexity index is 373. The van der Waals surface area contributed by atoms with Crippen LogP contribution in [0.2, 0.25) is 0 Å². The summed E-state index contributed by atoms with van der Waals surface area (Å²) < 4.78 is 0. The molecule has 0 aromatic rings. The smallest absolute Gasteiger partial charge is 0.321 e. The van der Waals surface area contributed by atoms with Crippen LogP contribution >= 0.6 is 11.6 Å². The molecule has 0 unspecified atom stereocenters. The predicted molar refractivity (Wildman–Crippen MR) is 72.9 cm³/mol. The maximum atomic E-state index is 11.9. The Morgan fingerprint density at radius 3 is 2.00 bits per heavy atom. The maximum absolute atomic E-state index is 11.9. The Labute approximate surface area is 118 Å². The van der Waals surface area contributed by atoms with E-state index in [9.17, 15) is 9.59 Å². The fourth-order valence-electron chi connectivity index (χ4n) is 4.75. The van der Waals surface area contributed by atoms with E-state index in [2.05, 4.69) is 10.6 Å². The van der Waals surface area contributed by atoms with Gasteiger partial charge in [-0.05, 0) is 63.2 Å². The van der Waals surface area contributed by atoms with Crippen molar-refractivity contribution in [3.8, 4) is 0 Å². The number of carbonyl (C=O) groups excluding carboxylic acids is 2. The van der Waals surface area contributed by atoms with E-state index in [4.69, 9.17) is 11.6 Å². The summed E-state index contributed by atoms with van der Waals surface area (Å²) in [6.07, 6.45) is 7.24. The van der Waals surface area contributed by atoms with Crippen molar-refractivity contribution in [2.45, 2.75) is 56.4 Å². The molecule has 4 nitrogen and oxygen atoms in total. The summed E-state index contributed by atoms with van der Waals surface area (Å²) in [5.74, 6) is 1.89. The average molecular weight is 285 g/mol. The lowest BCUT2D eigenvalue weighted by Gasteiger charge is -2.56. The van der Waals surface area contributed by atoms with Crippen LogP contribution in [0.25, 0.3) is 0 Å². The van der Waals surface area contributed by atoms with Crippen LogP contribution < -0.4 is 10.6 Å². The van der Waals surface area contributed by atoms with Gasteiger partial charge >= 0.3 is 6.03 Å². The Kier molecular flexibility index (Phi) is 3.24. The number of alkyl halides is 1. The van der Waals surface area contributed by atoms with Crippen molar-refractivity contribution >= 4 is 23.5 Å². The first-order chi connectivity index (χ1) is 8.96. The number of carbonyl (C=O) groups is 2. The first-order valence-corrected chi connectivity index (χ1v) is 7.66. The van der Waals surface area contributed by atoms with Crippen molar-refractivity contribution in [3.63, 3.8) is 0 Å². The number of rotatable bonds is 2. The summed E-state index contributed by atoms with van der Waals surface area (Å²) in [6, 6.07) is -0.376. The van der Waals surface area contributed by atoms with Crippen LogP contribution in [-0.4, -0.2) is 22.9 Å². The SMILES string of the molecule is C[C@@H](Cl)C(=O)NC(=O)NC12CC3CC(CC(C3)C1)C2. The summed E-state index contributed by atoms with van der Waals surface area (Å²) >= 11 is 5.66. The molecule has 0 heterocycles. The van der Waals surface area contributed by atoms with Crippen molar-refractivity contribution in [1.29, 1.82) is 0 Å². The molecule has 1 atom stereocenters. The van der Waals surface area contributed by atoms with Crippen LogP contribution in [-0.2, 0) is 4.79 Å². The minimum atomic E-state index is -0.679. The molecular formula is C14H21ClN2O2. The standard InChI is InChI=1S/C14H21ClN2O2/c1-8(15)12(18)16-13(19)17-14-5-9-2-10(6-14)4-11(3-9)7-14/h8-11H,2-7H2,1H3,(H2,16,17,18,19)/t8-,9?,10?,11?,14?/m1/s1. The molecule has 2 N–H and O–H groups in total. The Morgan fingerprint density at radius 1 is 1.11 bits per heavy atom. The summed E-state index contributed by atoms with van der Waals surface area (Å²) in [5.41, 5.74) is -0.0608. The molecule has 4 aliphatic rings. The number of hydrogen-bond acceptors (Lipinski definition) is 2. The zero-order chi connectivity index (χ0) is 13.6. The highest BCUT2D eigenvalue weighted by Crippen LogP contribution is 2.55. The zero-order valence-corrected chi connectivity index (χ0v) is 12.0. The van der Waals surface area contributed by atoms with Crippen molar-refractivity contribution < 1.29 is 9.59 Å². The molecule has 4 fully saturated rings. The monoisotopic (exact) mass is 284 g/mol. The molecule has 19 heavy (non-hydrogen) atoms. The second-order valence-corrected chi connectivity index (χ2v) is 7.41. The molecule has 0 spiro atoms. The van der Waals surface area contributed by atoms with Crippen LogP contribution in [0.5, 0.6) is 0 Å². The van der Waals surface area contributed by atoms with Gasteiger partial charge in [0, 0.05) is 5.54 Å². The number of nitrogens with one attached hydrogen (secondary N) is 2. The van der Waals surface area contributed by atoms with Gasteiger partial charge in [-0.1, -0.05) is 0 Å². The fourth-order valence-corrected chi connectivity index (χ4v) is 4.80. The zero-order valence-electron chi connectivity index (χ0n) is 11.2. The largest absolute Gasteiger partial charge is 0.332 e. The highest BCUT2D eigenvalue weighted by molar-refractivity contribution is 6.31. The van der Waals surface area contributed by atoms with Gasteiger partial charge in [0.15, 0.2) is 0 Å². The third-order valence-electron chi connectivity index (χ3n) is 5.01. The quantitative estimate of drug-likeness (QED) is 0.765. The first kappa shape index (κ1) is 13.2. The average Bonchev–Trinajstić information content (AvgIpc) is 2.25. The topological polar surface area (TPSA) is 58.2 Å². The second kappa shape index (κ2) is 4.65. The van der Waals surface area contributed by atoms with E-state index < -0.39 is 11.3 Å². The van der Waals surface area contributed by atoms with Crippen molar-refractivity contribution in [1.82, 2.24) is 10.6 Å². The van der Waals surface area contributed by atoms with Crippen molar-refractivity contribution in [2.24, 2.45) is 17.8 Å². The van der Waals surface area contributed by atoms with Gasteiger partial charge in [0.2, 0.25) is 5.91 Å². The number of urea groups is 1. The molecular weight excluding hydrogens is 264 g/mol. The molecule has 106 valence electrons. The van der Waals surface area contributed by atoms with Gasteiger partial charge in [0.05, 0.1) is 0 Å². The number of halogens is 1. The number of hydrogen-bond donors (Lipinski definition) is 2. The van der Waals surface area contributed by atoms with E-state index in [1.165, 1.54) is 19.3 Å². The lowest BCUT2D eigenvalue weighted by atomic mass is 9.53. The predicted octanol–water partition coefficient (Wildman–Crippen LogP) is 2.41. The third-order valence-corrected chi connectivity index (χ3v) is 5.21. The summed E-state index contributed by atoms with van der Waals surface area (Å²) in [4.78, 5) is 23.4. The normalized spacial score (nSPS) is 40.8. The molecule has 0 radical (unpaired) electrons. The van der Waals surface area contributed by atoms with Crippen LogP contribution in [0.15, 0.2) is 0 Å². The molecule has 4 aliphatic carbocycles. The van der Waals surface area contributed by atoms with E-state index in [1.54, 1.807) is 6.92 Å². The molecule has 0 saturated heterocycles. The summed E-state index contributed by atoms with van der Waals surface area (Å²) in [5, 5.41) is 4.74. The molecule has 0 aliphatic heterocycles. The van der Waals surface area contributed by atoms with Gasteiger partial charge in [0.25, 0.3) is 0 Å². The molecule has 0 aromatic carbocycles. The minimum Gasteiger partial charge on any atom is -0.332 e. The Balaban J connectivity index is 1.63. The first-order valence-electron chi connectivity index (χ1n) is 7.23. The van der Waals surface area contributed by atoms with E-state index in [1.807, 2.05) is 0 Å². The molecule has 3 amide bonds. The van der Waals surface area contributed by atoms with Gasteiger partial charge in [-0.3, -0.25) is 10.1 Å². The van der Waals surface area contributed by atoms with Gasteiger partial charge in [-0.15, -0.1) is 11.6 Å². The van der Waals surface area contributed by atoms with Crippen LogP contribution in [0, 0.1) is 17.8 Å². The number of imide groups is 1. The van der Waals surface area contributed by atoms with Gasteiger partial charge < -0.3 is 5.32 Å². The third kappa shape index (κ3) is 2.60. The highest BCUT2D eigenvalue weighted by Gasteiger charge is 2.51. The van der Waals surface area contributed by atoms with Gasteiger partial charge in [-0.2, -0.15) is 0 Å². The molecule has 4 rings (SSSR count). The van der Waals surface area contributed by atoms with E-state index in [-0.39, 0.29) is 11.6 Å². The van der Waals surface area contributed by atoms with Crippen molar-refractivity contribution in [2.75, 3.05) is 0 Å². The molecule has 5 heteroatoms. The molecule has 4 saturated carbocycles. The van der Waals surface area contributed by atoms with Gasteiger partial charge in [-0.25, -0.2) is 4.79 Å². The fraction of sp³-hybridized carbons (Fsp3) is 0.857. The maximum Gasteiger partial charge on any atom is 0.321 e. The molecule has 0 aromatic heterocycles.